The first-order chi connectivity index (χ1) is 14.7. The van der Waals surface area contributed by atoms with E-state index in [0.717, 1.165) is 31.2 Å². The Balaban J connectivity index is 2.04. The molecule has 0 aliphatic carbocycles. The number of rotatable bonds is 20. The second-order valence-corrected chi connectivity index (χ2v) is 8.40. The van der Waals surface area contributed by atoms with Crippen molar-refractivity contribution in [2.45, 2.75) is 110 Å². The number of unbranched alkanes of at least 4 members (excludes halogenated alkanes) is 13. The van der Waals surface area contributed by atoms with Gasteiger partial charge in [0.15, 0.2) is 5.75 Å². The summed E-state index contributed by atoms with van der Waals surface area (Å²) in [6.07, 6.45) is 20.0. The van der Waals surface area contributed by atoms with Gasteiger partial charge in [0.05, 0.1) is 11.5 Å². The summed E-state index contributed by atoms with van der Waals surface area (Å²) in [6, 6.07) is 5.26. The number of hydrogen-bond donors (Lipinski definition) is 1. The normalized spacial score (nSPS) is 11.0. The van der Waals surface area contributed by atoms with E-state index in [1.165, 1.54) is 77.0 Å². The second-order valence-electron chi connectivity index (χ2n) is 8.40. The molecule has 0 amide bonds. The highest BCUT2D eigenvalue weighted by Crippen LogP contribution is 2.28. The van der Waals surface area contributed by atoms with Gasteiger partial charge in [0.2, 0.25) is 0 Å². The average molecular weight is 421 g/mol. The van der Waals surface area contributed by atoms with Gasteiger partial charge in [-0.2, -0.15) is 0 Å². The summed E-state index contributed by atoms with van der Waals surface area (Å²) in [4.78, 5) is 11.0. The van der Waals surface area contributed by atoms with Gasteiger partial charge < -0.3 is 10.5 Å². The van der Waals surface area contributed by atoms with Crippen molar-refractivity contribution >= 4 is 5.69 Å². The maximum atomic E-state index is 11.3. The molecule has 0 spiro atoms. The van der Waals surface area contributed by atoms with E-state index in [1.54, 1.807) is 12.1 Å². The minimum absolute atomic E-state index is 0.0647. The summed E-state index contributed by atoms with van der Waals surface area (Å²) >= 11 is 0. The summed E-state index contributed by atoms with van der Waals surface area (Å²) in [6.45, 7) is 3.40. The van der Waals surface area contributed by atoms with Gasteiger partial charge in [-0.1, -0.05) is 96.5 Å². The smallest absolute Gasteiger partial charge is 0.311 e. The van der Waals surface area contributed by atoms with Crippen LogP contribution in [0.5, 0.6) is 5.75 Å². The van der Waals surface area contributed by atoms with E-state index < -0.39 is 0 Å². The lowest BCUT2D eigenvalue weighted by Gasteiger charge is -2.08. The van der Waals surface area contributed by atoms with Crippen LogP contribution in [0, 0.1) is 10.1 Å². The number of nitrogens with zero attached hydrogens (tertiary/aromatic N) is 1. The highest BCUT2D eigenvalue weighted by Gasteiger charge is 2.15. The van der Waals surface area contributed by atoms with Crippen LogP contribution in [0.4, 0.5) is 5.69 Å². The molecule has 0 saturated carbocycles. The predicted octanol–water partition coefficient (Wildman–Crippen LogP) is 7.35. The third-order valence-corrected chi connectivity index (χ3v) is 5.65. The summed E-state index contributed by atoms with van der Waals surface area (Å²) in [7, 11) is 0. The molecule has 5 heteroatoms. The van der Waals surface area contributed by atoms with Crippen LogP contribution in [-0.2, 0) is 6.42 Å². The van der Waals surface area contributed by atoms with Crippen molar-refractivity contribution in [2.24, 2.45) is 5.73 Å². The number of hydrogen-bond acceptors (Lipinski definition) is 4. The molecular formula is C25H44N2O3. The summed E-state index contributed by atoms with van der Waals surface area (Å²) in [5.41, 5.74) is 6.52. The van der Waals surface area contributed by atoms with Crippen molar-refractivity contribution in [3.8, 4) is 5.75 Å². The number of nitrogens with two attached hydrogens (primary N) is 1. The summed E-state index contributed by atoms with van der Waals surface area (Å²) in [5.74, 6) is 0.381. The number of ether oxygens (including phenoxy) is 1. The lowest BCUT2D eigenvalue weighted by atomic mass is 10.0. The Morgan fingerprint density at radius 2 is 1.37 bits per heavy atom. The maximum Gasteiger partial charge on any atom is 0.311 e. The molecule has 172 valence electrons. The van der Waals surface area contributed by atoms with Crippen LogP contribution >= 0.6 is 0 Å². The SMILES string of the molecule is CCCCCCCCCCCCCCCCOc1ccc(CCCN)cc1[N+](=O)[O-]. The fraction of sp³-hybridized carbons (Fsp3) is 0.760. The van der Waals surface area contributed by atoms with Gasteiger partial charge in [-0.25, -0.2) is 0 Å². The molecule has 1 rings (SSSR count). The Kier molecular flexibility index (Phi) is 16.0. The molecule has 0 heterocycles. The Bertz CT molecular complexity index is 563. The molecule has 1 aromatic carbocycles. The third-order valence-electron chi connectivity index (χ3n) is 5.65. The fourth-order valence-corrected chi connectivity index (χ4v) is 3.77. The molecule has 2 N–H and O–H groups in total. The molecule has 0 aliphatic rings. The van der Waals surface area contributed by atoms with Crippen LogP contribution in [0.1, 0.15) is 109 Å². The molecule has 1 aromatic rings. The van der Waals surface area contributed by atoms with Crippen LogP contribution in [0.25, 0.3) is 0 Å². The molecule has 0 fully saturated rings. The zero-order valence-corrected chi connectivity index (χ0v) is 19.2. The molecule has 0 unspecified atom stereocenters. The van der Waals surface area contributed by atoms with Crippen LogP contribution in [0.15, 0.2) is 18.2 Å². The Hall–Kier alpha value is -1.62. The van der Waals surface area contributed by atoms with Crippen molar-refractivity contribution < 1.29 is 9.66 Å². The van der Waals surface area contributed by atoms with Crippen LogP contribution < -0.4 is 10.5 Å². The van der Waals surface area contributed by atoms with Crippen molar-refractivity contribution in [2.75, 3.05) is 13.2 Å². The van der Waals surface area contributed by atoms with E-state index >= 15 is 0 Å². The van der Waals surface area contributed by atoms with Crippen LogP contribution in [0.3, 0.4) is 0 Å². The number of nitro groups is 1. The van der Waals surface area contributed by atoms with Gasteiger partial charge in [-0.15, -0.1) is 0 Å². The van der Waals surface area contributed by atoms with Gasteiger partial charge >= 0.3 is 5.69 Å². The molecule has 0 saturated heterocycles. The first kappa shape index (κ1) is 26.4. The van der Waals surface area contributed by atoms with E-state index in [-0.39, 0.29) is 10.6 Å². The molecule has 0 atom stereocenters. The minimum Gasteiger partial charge on any atom is -0.487 e. The van der Waals surface area contributed by atoms with Crippen molar-refractivity contribution in [3.05, 3.63) is 33.9 Å². The largest absolute Gasteiger partial charge is 0.487 e. The van der Waals surface area contributed by atoms with Crippen molar-refractivity contribution in [3.63, 3.8) is 0 Å². The lowest BCUT2D eigenvalue weighted by Crippen LogP contribution is -2.03. The number of nitro benzene ring substituents is 1. The van der Waals surface area contributed by atoms with Gasteiger partial charge in [0, 0.05) is 6.07 Å². The fourth-order valence-electron chi connectivity index (χ4n) is 3.77. The highest BCUT2D eigenvalue weighted by molar-refractivity contribution is 5.48. The molecule has 0 aromatic heterocycles. The standard InChI is InChI=1S/C25H44N2O3/c1-2-3-4-5-6-7-8-9-10-11-12-13-14-15-21-30-25-19-18-23(17-16-20-26)22-24(25)27(28)29/h18-19,22H,2-17,20-21,26H2,1H3. The van der Waals surface area contributed by atoms with Crippen molar-refractivity contribution in [1.82, 2.24) is 0 Å². The minimum atomic E-state index is -0.355. The Morgan fingerprint density at radius 3 is 1.87 bits per heavy atom. The predicted molar refractivity (Wildman–Crippen MR) is 126 cm³/mol. The average Bonchev–Trinajstić information content (AvgIpc) is 2.75. The van der Waals surface area contributed by atoms with Gasteiger partial charge in [-0.3, -0.25) is 10.1 Å². The van der Waals surface area contributed by atoms with Crippen LogP contribution in [-0.4, -0.2) is 18.1 Å². The number of aryl methyl sites for hydroxylation is 1. The molecule has 0 bridgehead atoms. The molecule has 0 aliphatic heterocycles. The molecule has 5 nitrogen and oxygen atoms in total. The second kappa shape index (κ2) is 18.2. The quantitative estimate of drug-likeness (QED) is 0.136. The van der Waals surface area contributed by atoms with Gasteiger partial charge in [0.1, 0.15) is 0 Å². The zero-order valence-electron chi connectivity index (χ0n) is 19.2. The van der Waals surface area contributed by atoms with E-state index in [9.17, 15) is 10.1 Å². The van der Waals surface area contributed by atoms with E-state index in [4.69, 9.17) is 10.5 Å². The van der Waals surface area contributed by atoms with Gasteiger partial charge in [0.25, 0.3) is 0 Å². The van der Waals surface area contributed by atoms with E-state index in [2.05, 4.69) is 6.92 Å². The Labute approximate surface area is 183 Å². The maximum absolute atomic E-state index is 11.3. The topological polar surface area (TPSA) is 78.4 Å². The zero-order chi connectivity index (χ0) is 21.9. The number of benzene rings is 1. The Morgan fingerprint density at radius 1 is 0.833 bits per heavy atom. The van der Waals surface area contributed by atoms with Crippen LogP contribution in [0.2, 0.25) is 0 Å². The third kappa shape index (κ3) is 12.8. The van der Waals surface area contributed by atoms with Gasteiger partial charge in [-0.05, 0) is 37.4 Å². The van der Waals surface area contributed by atoms with Crippen molar-refractivity contribution in [1.29, 1.82) is 0 Å². The summed E-state index contributed by atoms with van der Waals surface area (Å²) < 4.78 is 5.70. The molecule has 0 radical (unpaired) electrons. The molecular weight excluding hydrogens is 376 g/mol. The first-order valence-electron chi connectivity index (χ1n) is 12.3. The monoisotopic (exact) mass is 420 g/mol. The van der Waals surface area contributed by atoms with E-state index in [1.807, 2.05) is 6.07 Å². The summed E-state index contributed by atoms with van der Waals surface area (Å²) in [5, 5.41) is 11.3. The highest BCUT2D eigenvalue weighted by atomic mass is 16.6. The van der Waals surface area contributed by atoms with E-state index in [0.29, 0.717) is 18.9 Å². The first-order valence-corrected chi connectivity index (χ1v) is 12.3. The lowest BCUT2D eigenvalue weighted by molar-refractivity contribution is -0.385. The molecule has 30 heavy (non-hydrogen) atoms.